The van der Waals surface area contributed by atoms with Crippen LogP contribution in [-0.2, 0) is 6.54 Å². The van der Waals surface area contributed by atoms with Gasteiger partial charge in [0.2, 0.25) is 0 Å². The summed E-state index contributed by atoms with van der Waals surface area (Å²) in [5.41, 5.74) is 1.94. The molecule has 1 amide bonds. The maximum atomic E-state index is 12.6. The number of amides is 1. The van der Waals surface area contributed by atoms with Crippen LogP contribution in [0.4, 0.5) is 0 Å². The van der Waals surface area contributed by atoms with Crippen LogP contribution in [0.3, 0.4) is 0 Å². The highest BCUT2D eigenvalue weighted by molar-refractivity contribution is 6.35. The zero-order valence-electron chi connectivity index (χ0n) is 11.7. The van der Waals surface area contributed by atoms with Gasteiger partial charge >= 0.3 is 0 Å². The Bertz CT molecular complexity index is 846. The Hall–Kier alpha value is -2.11. The number of hydrogen-bond donors (Lipinski definition) is 0. The lowest BCUT2D eigenvalue weighted by molar-refractivity contribution is 0.0778. The molecule has 3 aromatic rings. The highest BCUT2D eigenvalue weighted by Gasteiger charge is 2.17. The van der Waals surface area contributed by atoms with Gasteiger partial charge in [-0.2, -0.15) is 0 Å². The first-order valence-electron chi connectivity index (χ1n) is 6.53. The maximum absolute atomic E-state index is 12.6. The third-order valence-corrected chi connectivity index (χ3v) is 3.89. The van der Waals surface area contributed by atoms with Gasteiger partial charge in [-0.3, -0.25) is 14.2 Å². The number of nitrogens with zero attached hydrogens (tertiary/aromatic N) is 4. The number of imidazole rings is 1. The second-order valence-corrected chi connectivity index (χ2v) is 5.69. The summed E-state index contributed by atoms with van der Waals surface area (Å²) in [6, 6.07) is 5.23. The normalized spacial score (nSPS) is 10.9. The van der Waals surface area contributed by atoms with Crippen molar-refractivity contribution in [3.63, 3.8) is 0 Å². The standard InChI is InChI=1S/C15H12Cl2N4O/c1-20(9-10-2-3-11(16)6-12(10)17)15(22)13-7-19-14-8-18-4-5-21(13)14/h2-8H,9H2,1H3. The molecule has 2 heterocycles. The fraction of sp³-hybridized carbons (Fsp3) is 0.133. The molecule has 0 aliphatic heterocycles. The Morgan fingerprint density at radius 2 is 2.14 bits per heavy atom. The summed E-state index contributed by atoms with van der Waals surface area (Å²) in [6.45, 7) is 0.382. The van der Waals surface area contributed by atoms with Crippen LogP contribution in [0.5, 0.6) is 0 Å². The number of fused-ring (bicyclic) bond motifs is 1. The van der Waals surface area contributed by atoms with E-state index in [0.717, 1.165) is 5.56 Å². The first-order chi connectivity index (χ1) is 10.6. The zero-order chi connectivity index (χ0) is 15.7. The van der Waals surface area contributed by atoms with E-state index in [2.05, 4.69) is 9.97 Å². The lowest BCUT2D eigenvalue weighted by atomic mass is 10.2. The van der Waals surface area contributed by atoms with Crippen molar-refractivity contribution < 1.29 is 4.79 Å². The highest BCUT2D eigenvalue weighted by Crippen LogP contribution is 2.22. The van der Waals surface area contributed by atoms with E-state index in [1.807, 2.05) is 6.07 Å². The van der Waals surface area contributed by atoms with E-state index < -0.39 is 0 Å². The zero-order valence-corrected chi connectivity index (χ0v) is 13.2. The van der Waals surface area contributed by atoms with Gasteiger partial charge in [-0.1, -0.05) is 29.3 Å². The van der Waals surface area contributed by atoms with E-state index in [-0.39, 0.29) is 5.91 Å². The van der Waals surface area contributed by atoms with Gasteiger partial charge in [-0.15, -0.1) is 0 Å². The smallest absolute Gasteiger partial charge is 0.272 e. The molecule has 0 bridgehead atoms. The van der Waals surface area contributed by atoms with Crippen molar-refractivity contribution in [2.75, 3.05) is 7.05 Å². The fourth-order valence-corrected chi connectivity index (χ4v) is 2.64. The average Bonchev–Trinajstić information content (AvgIpc) is 2.93. The second kappa shape index (κ2) is 5.94. The molecular formula is C15H12Cl2N4O. The Kier molecular flexibility index (Phi) is 4.00. The van der Waals surface area contributed by atoms with Crippen LogP contribution < -0.4 is 0 Å². The van der Waals surface area contributed by atoms with Crippen molar-refractivity contribution >= 4 is 34.8 Å². The van der Waals surface area contributed by atoms with Crippen LogP contribution >= 0.6 is 23.2 Å². The molecule has 0 unspecified atom stereocenters. The molecule has 1 aromatic carbocycles. The highest BCUT2D eigenvalue weighted by atomic mass is 35.5. The van der Waals surface area contributed by atoms with Crippen molar-refractivity contribution in [3.05, 3.63) is 64.3 Å². The molecule has 3 rings (SSSR count). The SMILES string of the molecule is CN(Cc1ccc(Cl)cc1Cl)C(=O)c1cnc2cnccn12. The molecular weight excluding hydrogens is 323 g/mol. The van der Waals surface area contributed by atoms with Crippen LogP contribution in [0.15, 0.2) is 43.0 Å². The molecule has 0 atom stereocenters. The Labute approximate surface area is 137 Å². The number of carbonyl (C=O) groups excluding carboxylic acids is 1. The van der Waals surface area contributed by atoms with E-state index in [0.29, 0.717) is 27.9 Å². The predicted octanol–water partition coefficient (Wildman–Crippen LogP) is 3.31. The van der Waals surface area contributed by atoms with Gasteiger partial charge in [0.1, 0.15) is 5.69 Å². The molecule has 0 fully saturated rings. The van der Waals surface area contributed by atoms with Crippen molar-refractivity contribution in [2.45, 2.75) is 6.54 Å². The quantitative estimate of drug-likeness (QED) is 0.738. The molecule has 7 heteroatoms. The van der Waals surface area contributed by atoms with E-state index in [4.69, 9.17) is 23.2 Å². The van der Waals surface area contributed by atoms with Gasteiger partial charge in [-0.05, 0) is 17.7 Å². The van der Waals surface area contributed by atoms with Crippen molar-refractivity contribution in [1.29, 1.82) is 0 Å². The molecule has 0 N–H and O–H groups in total. The molecule has 0 aliphatic carbocycles. The number of benzene rings is 1. The maximum Gasteiger partial charge on any atom is 0.272 e. The van der Waals surface area contributed by atoms with Gasteiger partial charge in [0, 0.05) is 36.0 Å². The van der Waals surface area contributed by atoms with Crippen molar-refractivity contribution in [1.82, 2.24) is 19.3 Å². The summed E-state index contributed by atoms with van der Waals surface area (Å²) in [4.78, 5) is 22.3. The molecule has 0 saturated carbocycles. The summed E-state index contributed by atoms with van der Waals surface area (Å²) < 4.78 is 1.70. The van der Waals surface area contributed by atoms with Gasteiger partial charge in [0.25, 0.3) is 5.91 Å². The van der Waals surface area contributed by atoms with Crippen LogP contribution in [-0.4, -0.2) is 32.2 Å². The third-order valence-electron chi connectivity index (χ3n) is 3.31. The van der Waals surface area contributed by atoms with Gasteiger partial charge in [-0.25, -0.2) is 4.98 Å². The topological polar surface area (TPSA) is 50.5 Å². The molecule has 0 aliphatic rings. The lowest BCUT2D eigenvalue weighted by Crippen LogP contribution is -2.27. The first-order valence-corrected chi connectivity index (χ1v) is 7.28. The van der Waals surface area contributed by atoms with Crippen molar-refractivity contribution in [2.24, 2.45) is 0 Å². The molecule has 0 saturated heterocycles. The minimum Gasteiger partial charge on any atom is -0.336 e. The molecule has 5 nitrogen and oxygen atoms in total. The summed E-state index contributed by atoms with van der Waals surface area (Å²) in [7, 11) is 1.72. The number of aromatic nitrogens is 3. The fourth-order valence-electron chi connectivity index (χ4n) is 2.17. The van der Waals surface area contributed by atoms with Crippen molar-refractivity contribution in [3.8, 4) is 0 Å². The summed E-state index contributed by atoms with van der Waals surface area (Å²) in [5.74, 6) is -0.148. The van der Waals surface area contributed by atoms with Crippen LogP contribution in [0.25, 0.3) is 5.65 Å². The minimum atomic E-state index is -0.148. The second-order valence-electron chi connectivity index (χ2n) is 4.84. The van der Waals surface area contributed by atoms with Crippen LogP contribution in [0.1, 0.15) is 16.1 Å². The van der Waals surface area contributed by atoms with Gasteiger partial charge in [0.15, 0.2) is 5.65 Å². The lowest BCUT2D eigenvalue weighted by Gasteiger charge is -2.17. The van der Waals surface area contributed by atoms with E-state index >= 15 is 0 Å². The molecule has 2 aromatic heterocycles. The summed E-state index contributed by atoms with van der Waals surface area (Å²) in [6.07, 6.45) is 6.46. The summed E-state index contributed by atoms with van der Waals surface area (Å²) >= 11 is 12.0. The Morgan fingerprint density at radius 1 is 1.32 bits per heavy atom. The summed E-state index contributed by atoms with van der Waals surface area (Å²) in [5, 5.41) is 1.10. The number of hydrogen-bond acceptors (Lipinski definition) is 3. The largest absolute Gasteiger partial charge is 0.336 e. The molecule has 0 radical (unpaired) electrons. The van der Waals surface area contributed by atoms with E-state index in [9.17, 15) is 4.79 Å². The number of halogens is 2. The Balaban J connectivity index is 1.85. The molecule has 0 spiro atoms. The van der Waals surface area contributed by atoms with E-state index in [1.165, 1.54) is 0 Å². The molecule has 22 heavy (non-hydrogen) atoms. The Morgan fingerprint density at radius 3 is 2.91 bits per heavy atom. The first kappa shape index (κ1) is 14.8. The van der Waals surface area contributed by atoms with E-state index in [1.54, 1.807) is 53.3 Å². The molecule has 112 valence electrons. The number of rotatable bonds is 3. The van der Waals surface area contributed by atoms with Gasteiger partial charge < -0.3 is 4.90 Å². The van der Waals surface area contributed by atoms with Gasteiger partial charge in [0.05, 0.1) is 12.4 Å². The predicted molar refractivity (Wildman–Crippen MR) is 85.2 cm³/mol. The third kappa shape index (κ3) is 2.77. The average molecular weight is 335 g/mol. The van der Waals surface area contributed by atoms with Crippen LogP contribution in [0, 0.1) is 0 Å². The minimum absolute atomic E-state index is 0.148. The van der Waals surface area contributed by atoms with Crippen LogP contribution in [0.2, 0.25) is 10.0 Å². The number of carbonyl (C=O) groups is 1. The monoisotopic (exact) mass is 334 g/mol.